The van der Waals surface area contributed by atoms with Gasteiger partial charge < -0.3 is 25.8 Å². The number of fused-ring (bicyclic) bond motifs is 1. The first-order valence-corrected chi connectivity index (χ1v) is 9.22. The lowest BCUT2D eigenvalue weighted by Crippen LogP contribution is -2.30. The SMILES string of the molecule is COc1cnc(-c2nnn3c(C(N)=O)cccc23)nc1NCc1cccc(B(O)O)c1. The maximum atomic E-state index is 11.6. The predicted octanol–water partition coefficient (Wildman–Crippen LogP) is -0.414. The van der Waals surface area contributed by atoms with Crippen LogP contribution in [0.15, 0.2) is 48.7 Å². The Balaban J connectivity index is 1.67. The number of hydrogen-bond acceptors (Lipinski definition) is 9. The van der Waals surface area contributed by atoms with Gasteiger partial charge in [-0.15, -0.1) is 5.10 Å². The van der Waals surface area contributed by atoms with E-state index >= 15 is 0 Å². The Morgan fingerprint density at radius 1 is 1.26 bits per heavy atom. The summed E-state index contributed by atoms with van der Waals surface area (Å²) in [5.41, 5.74) is 7.68. The van der Waals surface area contributed by atoms with Gasteiger partial charge >= 0.3 is 7.12 Å². The Morgan fingerprint density at radius 3 is 2.81 bits per heavy atom. The maximum absolute atomic E-state index is 11.6. The van der Waals surface area contributed by atoms with Gasteiger partial charge in [0.25, 0.3) is 5.91 Å². The number of ether oxygens (including phenoxy) is 1. The van der Waals surface area contributed by atoms with Crippen molar-refractivity contribution in [3.63, 3.8) is 0 Å². The summed E-state index contributed by atoms with van der Waals surface area (Å²) < 4.78 is 6.67. The molecule has 5 N–H and O–H groups in total. The second-order valence-corrected chi connectivity index (χ2v) is 6.59. The third-order valence-corrected chi connectivity index (χ3v) is 4.59. The molecule has 0 fully saturated rings. The van der Waals surface area contributed by atoms with Crippen molar-refractivity contribution < 1.29 is 19.6 Å². The number of nitrogens with one attached hydrogen (secondary N) is 1. The Bertz CT molecular complexity index is 1260. The number of pyridine rings is 1. The lowest BCUT2D eigenvalue weighted by atomic mass is 9.80. The van der Waals surface area contributed by atoms with Gasteiger partial charge in [-0.25, -0.2) is 14.5 Å². The molecule has 12 heteroatoms. The molecule has 0 bridgehead atoms. The van der Waals surface area contributed by atoms with E-state index in [0.29, 0.717) is 34.8 Å². The quantitative estimate of drug-likeness (QED) is 0.292. The first kappa shape index (κ1) is 20.3. The number of hydrogen-bond donors (Lipinski definition) is 4. The van der Waals surface area contributed by atoms with Gasteiger partial charge in [0.1, 0.15) is 5.69 Å². The maximum Gasteiger partial charge on any atom is 0.488 e. The summed E-state index contributed by atoms with van der Waals surface area (Å²) in [6.07, 6.45) is 1.50. The highest BCUT2D eigenvalue weighted by Gasteiger charge is 2.18. The number of rotatable bonds is 7. The third kappa shape index (κ3) is 4.02. The second kappa shape index (κ2) is 8.38. The number of anilines is 1. The van der Waals surface area contributed by atoms with E-state index in [2.05, 4.69) is 25.6 Å². The van der Waals surface area contributed by atoms with Gasteiger partial charge in [0.05, 0.1) is 18.8 Å². The fraction of sp³-hybridized carbons (Fsp3) is 0.105. The molecule has 1 amide bonds. The normalized spacial score (nSPS) is 10.8. The highest BCUT2D eigenvalue weighted by Crippen LogP contribution is 2.26. The largest absolute Gasteiger partial charge is 0.491 e. The van der Waals surface area contributed by atoms with Crippen LogP contribution >= 0.6 is 0 Å². The fourth-order valence-electron chi connectivity index (χ4n) is 3.07. The lowest BCUT2D eigenvalue weighted by molar-refractivity contribution is 0.0993. The molecule has 0 radical (unpaired) electrons. The minimum Gasteiger partial charge on any atom is -0.491 e. The number of carbonyl (C=O) groups excluding carboxylic acids is 1. The summed E-state index contributed by atoms with van der Waals surface area (Å²) in [6, 6.07) is 11.8. The number of carbonyl (C=O) groups is 1. The van der Waals surface area contributed by atoms with Gasteiger partial charge in [-0.05, 0) is 23.2 Å². The van der Waals surface area contributed by atoms with Crippen LogP contribution in [0.1, 0.15) is 16.1 Å². The minimum atomic E-state index is -1.55. The van der Waals surface area contributed by atoms with Crippen LogP contribution in [0.3, 0.4) is 0 Å². The first-order valence-electron chi connectivity index (χ1n) is 9.22. The third-order valence-electron chi connectivity index (χ3n) is 4.59. The van der Waals surface area contributed by atoms with Crippen LogP contribution < -0.4 is 21.3 Å². The van der Waals surface area contributed by atoms with Crippen LogP contribution in [0.25, 0.3) is 17.0 Å². The van der Waals surface area contributed by atoms with Gasteiger partial charge in [0.15, 0.2) is 23.1 Å². The molecule has 0 unspecified atom stereocenters. The highest BCUT2D eigenvalue weighted by atomic mass is 16.5. The molecule has 31 heavy (non-hydrogen) atoms. The molecule has 3 heterocycles. The summed E-state index contributed by atoms with van der Waals surface area (Å²) in [7, 11) is -0.0499. The molecule has 11 nitrogen and oxygen atoms in total. The van der Waals surface area contributed by atoms with E-state index in [1.54, 1.807) is 36.4 Å². The number of primary amides is 1. The van der Waals surface area contributed by atoms with Gasteiger partial charge in [-0.3, -0.25) is 4.79 Å². The van der Waals surface area contributed by atoms with Crippen molar-refractivity contribution in [1.82, 2.24) is 24.8 Å². The number of methoxy groups -OCH3 is 1. The summed E-state index contributed by atoms with van der Waals surface area (Å²) >= 11 is 0. The van der Waals surface area contributed by atoms with Crippen molar-refractivity contribution >= 4 is 29.8 Å². The van der Waals surface area contributed by atoms with Gasteiger partial charge in [-0.1, -0.05) is 35.5 Å². The Hall–Kier alpha value is -4.03. The van der Waals surface area contributed by atoms with E-state index in [9.17, 15) is 14.8 Å². The monoisotopic (exact) mass is 419 g/mol. The molecule has 0 aliphatic carbocycles. The van der Waals surface area contributed by atoms with Crippen LogP contribution in [0.2, 0.25) is 0 Å². The van der Waals surface area contributed by atoms with E-state index in [0.717, 1.165) is 5.56 Å². The predicted molar refractivity (Wildman–Crippen MR) is 113 cm³/mol. The van der Waals surface area contributed by atoms with Crippen molar-refractivity contribution in [3.8, 4) is 17.3 Å². The van der Waals surface area contributed by atoms with Crippen molar-refractivity contribution in [1.29, 1.82) is 0 Å². The smallest absolute Gasteiger partial charge is 0.488 e. The first-order chi connectivity index (χ1) is 15.0. The summed E-state index contributed by atoms with van der Waals surface area (Å²) in [6.45, 7) is 0.349. The van der Waals surface area contributed by atoms with Gasteiger partial charge in [-0.2, -0.15) is 0 Å². The molecule has 1 aromatic carbocycles. The topological polar surface area (TPSA) is 161 Å². The van der Waals surface area contributed by atoms with Crippen LogP contribution in [0.5, 0.6) is 5.75 Å². The van der Waals surface area contributed by atoms with E-state index in [1.807, 2.05) is 6.07 Å². The van der Waals surface area contributed by atoms with Gasteiger partial charge in [0, 0.05) is 6.54 Å². The Kier molecular flexibility index (Phi) is 5.47. The van der Waals surface area contributed by atoms with Crippen LogP contribution in [-0.4, -0.2) is 55.0 Å². The highest BCUT2D eigenvalue weighted by molar-refractivity contribution is 6.58. The number of aromatic nitrogens is 5. The fourth-order valence-corrected chi connectivity index (χ4v) is 3.07. The number of amides is 1. The molecule has 4 aromatic rings. The lowest BCUT2D eigenvalue weighted by Gasteiger charge is -2.11. The summed E-state index contributed by atoms with van der Waals surface area (Å²) in [5, 5.41) is 30.0. The van der Waals surface area contributed by atoms with E-state index in [4.69, 9.17) is 10.5 Å². The molecule has 4 rings (SSSR count). The van der Waals surface area contributed by atoms with Crippen molar-refractivity contribution in [2.45, 2.75) is 6.54 Å². The van der Waals surface area contributed by atoms with Crippen LogP contribution in [0.4, 0.5) is 5.82 Å². The van der Waals surface area contributed by atoms with Crippen molar-refractivity contribution in [2.24, 2.45) is 5.73 Å². The summed E-state index contributed by atoms with van der Waals surface area (Å²) in [4.78, 5) is 20.4. The Labute approximate surface area is 176 Å². The molecule has 156 valence electrons. The van der Waals surface area contributed by atoms with E-state index < -0.39 is 13.0 Å². The molecule has 0 saturated heterocycles. The zero-order valence-electron chi connectivity index (χ0n) is 16.4. The zero-order valence-corrected chi connectivity index (χ0v) is 16.4. The molecule has 0 aliphatic rings. The van der Waals surface area contributed by atoms with Crippen molar-refractivity contribution in [2.75, 3.05) is 12.4 Å². The second-order valence-electron chi connectivity index (χ2n) is 6.59. The standard InChI is InChI=1S/C19H18BN7O4/c1-31-15-10-23-19(16-13-6-3-7-14(17(21)28)27(13)26-25-16)24-18(15)22-9-11-4-2-5-12(8-11)20(29)30/h2-8,10,29-30H,9H2,1H3,(H2,21,28)(H,22,23,24). The number of nitrogens with two attached hydrogens (primary N) is 1. The Morgan fingerprint density at radius 2 is 2.06 bits per heavy atom. The van der Waals surface area contributed by atoms with Gasteiger partial charge in [0.2, 0.25) is 0 Å². The van der Waals surface area contributed by atoms with E-state index in [-0.39, 0.29) is 11.5 Å². The molecule has 0 atom stereocenters. The average Bonchev–Trinajstić information content (AvgIpc) is 3.21. The summed E-state index contributed by atoms with van der Waals surface area (Å²) in [5.74, 6) is 0.473. The van der Waals surface area contributed by atoms with Crippen molar-refractivity contribution in [3.05, 3.63) is 59.9 Å². The zero-order chi connectivity index (χ0) is 22.0. The molecule has 0 saturated carbocycles. The number of nitrogens with zero attached hydrogens (tertiary/aromatic N) is 5. The van der Waals surface area contributed by atoms with E-state index in [1.165, 1.54) is 17.8 Å². The molecule has 3 aromatic heterocycles. The molecular weight excluding hydrogens is 401 g/mol. The molecular formula is C19H18BN7O4. The van der Waals surface area contributed by atoms with Crippen LogP contribution in [-0.2, 0) is 6.54 Å². The minimum absolute atomic E-state index is 0.189. The molecule has 0 aliphatic heterocycles. The number of benzene rings is 1. The average molecular weight is 419 g/mol. The van der Waals surface area contributed by atoms with Crippen LogP contribution in [0, 0.1) is 0 Å². The molecule has 0 spiro atoms.